The number of methoxy groups -OCH3 is 2. The second-order valence-electron chi connectivity index (χ2n) is 10.9. The van der Waals surface area contributed by atoms with Crippen LogP contribution in [-0.4, -0.2) is 58.5 Å². The molecule has 248 valence electrons. The molecule has 0 aromatic heterocycles. The van der Waals surface area contributed by atoms with Gasteiger partial charge in [0.1, 0.15) is 12.6 Å². The molecule has 1 N–H and O–H groups in total. The number of ether oxygens (including phenoxy) is 2. The molecular weight excluding hydrogens is 638 g/mol. The minimum absolute atomic E-state index is 0.0249. The highest BCUT2D eigenvalue weighted by Crippen LogP contribution is 2.32. The van der Waals surface area contributed by atoms with Crippen molar-refractivity contribution in [2.75, 3.05) is 31.6 Å². The summed E-state index contributed by atoms with van der Waals surface area (Å²) in [6.07, 6.45) is 1.88. The lowest BCUT2D eigenvalue weighted by atomic mass is 10.0. The summed E-state index contributed by atoms with van der Waals surface area (Å²) in [5.74, 6) is -0.308. The summed E-state index contributed by atoms with van der Waals surface area (Å²) in [5, 5.41) is 3.46. The van der Waals surface area contributed by atoms with Gasteiger partial charge in [-0.15, -0.1) is 0 Å². The minimum Gasteiger partial charge on any atom is -0.493 e. The van der Waals surface area contributed by atoms with Gasteiger partial charge in [0.2, 0.25) is 11.8 Å². The van der Waals surface area contributed by atoms with Gasteiger partial charge in [-0.05, 0) is 53.9 Å². The lowest BCUT2D eigenvalue weighted by molar-refractivity contribution is -0.140. The van der Waals surface area contributed by atoms with Gasteiger partial charge in [-0.3, -0.25) is 13.9 Å². The Morgan fingerprint density at radius 2 is 1.49 bits per heavy atom. The maximum absolute atomic E-state index is 14.5. The zero-order valence-corrected chi connectivity index (χ0v) is 28.3. The second-order valence-corrected chi connectivity index (χ2v) is 13.2. The number of nitrogens with zero attached hydrogens (tertiary/aromatic N) is 2. The Kier molecular flexibility index (Phi) is 12.7. The highest BCUT2D eigenvalue weighted by atomic mass is 35.5. The van der Waals surface area contributed by atoms with Crippen molar-refractivity contribution in [1.82, 2.24) is 10.2 Å². The van der Waals surface area contributed by atoms with E-state index in [0.29, 0.717) is 22.9 Å². The number of hydrogen-bond donors (Lipinski definition) is 1. The number of halogens is 1. The molecule has 0 unspecified atom stereocenters. The van der Waals surface area contributed by atoms with Crippen LogP contribution in [0.5, 0.6) is 11.5 Å². The fourth-order valence-corrected chi connectivity index (χ4v) is 6.76. The molecule has 0 spiro atoms. The standard InChI is InChI=1S/C36H40ClN3O6S/c1-4-5-21-38-36(42)32(23-27-13-8-6-9-14-27)39(25-28-15-12-16-29(37)22-28)35(41)26-40(30-17-10-7-11-18-30)47(43,44)31-19-20-33(45-2)34(24-31)46-3/h6-20,22,24,32H,4-5,21,23,25-26H2,1-3H3,(H,38,42)/t32-/m0/s1. The van der Waals surface area contributed by atoms with Crippen LogP contribution in [0, 0.1) is 0 Å². The van der Waals surface area contributed by atoms with Gasteiger partial charge in [-0.1, -0.05) is 85.6 Å². The Morgan fingerprint density at radius 1 is 0.830 bits per heavy atom. The van der Waals surface area contributed by atoms with Crippen molar-refractivity contribution >= 4 is 39.1 Å². The molecule has 0 radical (unpaired) electrons. The SMILES string of the molecule is CCCCNC(=O)[C@H](Cc1ccccc1)N(Cc1cccc(Cl)c1)C(=O)CN(c1ccccc1)S(=O)(=O)c1ccc(OC)c(OC)c1. The van der Waals surface area contributed by atoms with Gasteiger partial charge in [0, 0.05) is 30.6 Å². The number of unbranched alkanes of at least 4 members (excludes halogenated alkanes) is 1. The van der Waals surface area contributed by atoms with E-state index in [-0.39, 0.29) is 35.2 Å². The smallest absolute Gasteiger partial charge is 0.264 e. The van der Waals surface area contributed by atoms with Crippen LogP contribution in [0.4, 0.5) is 5.69 Å². The monoisotopic (exact) mass is 677 g/mol. The molecule has 0 aliphatic carbocycles. The number of amides is 2. The summed E-state index contributed by atoms with van der Waals surface area (Å²) in [5.41, 5.74) is 1.83. The van der Waals surface area contributed by atoms with Crippen molar-refractivity contribution in [3.05, 3.63) is 119 Å². The maximum Gasteiger partial charge on any atom is 0.264 e. The quantitative estimate of drug-likeness (QED) is 0.144. The van der Waals surface area contributed by atoms with Crippen LogP contribution in [0.1, 0.15) is 30.9 Å². The first-order valence-electron chi connectivity index (χ1n) is 15.3. The first kappa shape index (κ1) is 35.3. The van der Waals surface area contributed by atoms with E-state index in [9.17, 15) is 18.0 Å². The van der Waals surface area contributed by atoms with Crippen molar-refractivity contribution < 1.29 is 27.5 Å². The molecule has 4 aromatic carbocycles. The summed E-state index contributed by atoms with van der Waals surface area (Å²) in [6.45, 7) is 1.93. The fraction of sp³-hybridized carbons (Fsp3) is 0.278. The summed E-state index contributed by atoms with van der Waals surface area (Å²) >= 11 is 6.31. The lowest BCUT2D eigenvalue weighted by Crippen LogP contribution is -2.53. The van der Waals surface area contributed by atoms with Crippen LogP contribution < -0.4 is 19.1 Å². The summed E-state index contributed by atoms with van der Waals surface area (Å²) in [7, 11) is -1.44. The van der Waals surface area contributed by atoms with E-state index >= 15 is 0 Å². The molecule has 9 nitrogen and oxygen atoms in total. The molecule has 1 atom stereocenters. The number of hydrogen-bond acceptors (Lipinski definition) is 6. The van der Waals surface area contributed by atoms with E-state index in [1.807, 2.05) is 43.3 Å². The zero-order chi connectivity index (χ0) is 33.8. The number of para-hydroxylation sites is 1. The summed E-state index contributed by atoms with van der Waals surface area (Å²) in [6, 6.07) is 28.2. The topological polar surface area (TPSA) is 105 Å². The molecule has 0 heterocycles. The maximum atomic E-state index is 14.5. The van der Waals surface area contributed by atoms with Crippen LogP contribution in [-0.2, 0) is 32.6 Å². The summed E-state index contributed by atoms with van der Waals surface area (Å²) < 4.78 is 40.3. The van der Waals surface area contributed by atoms with Crippen molar-refractivity contribution in [2.24, 2.45) is 0 Å². The molecular formula is C36H40ClN3O6S. The first-order chi connectivity index (χ1) is 22.7. The van der Waals surface area contributed by atoms with E-state index in [0.717, 1.165) is 22.7 Å². The number of nitrogens with one attached hydrogen (secondary N) is 1. The van der Waals surface area contributed by atoms with Gasteiger partial charge in [-0.2, -0.15) is 0 Å². The van der Waals surface area contributed by atoms with Gasteiger partial charge in [0.05, 0.1) is 24.8 Å². The third-order valence-corrected chi connectivity index (χ3v) is 9.61. The predicted octanol–water partition coefficient (Wildman–Crippen LogP) is 6.11. The highest BCUT2D eigenvalue weighted by Gasteiger charge is 2.35. The third kappa shape index (κ3) is 9.27. The van der Waals surface area contributed by atoms with E-state index in [1.165, 1.54) is 37.3 Å². The average molecular weight is 678 g/mol. The molecule has 0 bridgehead atoms. The number of rotatable bonds is 16. The van der Waals surface area contributed by atoms with Crippen LogP contribution in [0.25, 0.3) is 0 Å². The fourth-order valence-electron chi connectivity index (χ4n) is 5.12. The molecule has 4 rings (SSSR count). The Bertz CT molecular complexity index is 1740. The Balaban J connectivity index is 1.79. The second kappa shape index (κ2) is 16.9. The van der Waals surface area contributed by atoms with Gasteiger partial charge in [0.15, 0.2) is 11.5 Å². The molecule has 4 aromatic rings. The predicted molar refractivity (Wildman–Crippen MR) is 184 cm³/mol. The van der Waals surface area contributed by atoms with Crippen molar-refractivity contribution in [3.8, 4) is 11.5 Å². The molecule has 0 fully saturated rings. The molecule has 2 amide bonds. The zero-order valence-electron chi connectivity index (χ0n) is 26.8. The molecule has 0 aliphatic rings. The van der Waals surface area contributed by atoms with Crippen LogP contribution >= 0.6 is 11.6 Å². The highest BCUT2D eigenvalue weighted by molar-refractivity contribution is 7.92. The summed E-state index contributed by atoms with van der Waals surface area (Å²) in [4.78, 5) is 29.7. The van der Waals surface area contributed by atoms with Gasteiger partial charge >= 0.3 is 0 Å². The lowest BCUT2D eigenvalue weighted by Gasteiger charge is -2.34. The van der Waals surface area contributed by atoms with E-state index in [1.54, 1.807) is 48.5 Å². The third-order valence-electron chi connectivity index (χ3n) is 7.61. The molecule has 0 aliphatic heterocycles. The average Bonchev–Trinajstić information content (AvgIpc) is 3.09. The molecule has 0 saturated carbocycles. The number of carbonyl (C=O) groups is 2. The largest absolute Gasteiger partial charge is 0.493 e. The van der Waals surface area contributed by atoms with Crippen LogP contribution in [0.3, 0.4) is 0 Å². The van der Waals surface area contributed by atoms with Gasteiger partial charge in [-0.25, -0.2) is 8.42 Å². The van der Waals surface area contributed by atoms with Gasteiger partial charge < -0.3 is 19.7 Å². The number of sulfonamides is 1. The van der Waals surface area contributed by atoms with Crippen LogP contribution in [0.2, 0.25) is 5.02 Å². The van der Waals surface area contributed by atoms with E-state index in [2.05, 4.69) is 5.32 Å². The molecule has 47 heavy (non-hydrogen) atoms. The molecule has 0 saturated heterocycles. The van der Waals surface area contributed by atoms with Crippen molar-refractivity contribution in [1.29, 1.82) is 0 Å². The van der Waals surface area contributed by atoms with Crippen molar-refractivity contribution in [3.63, 3.8) is 0 Å². The van der Waals surface area contributed by atoms with Crippen LogP contribution in [0.15, 0.2) is 108 Å². The number of anilines is 1. The van der Waals surface area contributed by atoms with E-state index in [4.69, 9.17) is 21.1 Å². The minimum atomic E-state index is -4.31. The van der Waals surface area contributed by atoms with E-state index < -0.39 is 28.5 Å². The first-order valence-corrected chi connectivity index (χ1v) is 17.1. The number of benzene rings is 4. The van der Waals surface area contributed by atoms with Crippen molar-refractivity contribution in [2.45, 2.75) is 43.7 Å². The van der Waals surface area contributed by atoms with Gasteiger partial charge in [0.25, 0.3) is 10.0 Å². The molecule has 11 heteroatoms. The number of carbonyl (C=O) groups excluding carboxylic acids is 2. The Morgan fingerprint density at radius 3 is 2.13 bits per heavy atom. The Labute approximate surface area is 282 Å². The normalized spacial score (nSPS) is 11.7. The Hall–Kier alpha value is -4.54.